The SMILES string of the molecule is CCOCCC1(CNCC(C)C)CCC(C(C)(C)C)CC1. The lowest BCUT2D eigenvalue weighted by Crippen LogP contribution is -2.41. The van der Waals surface area contributed by atoms with Crippen LogP contribution in [0.3, 0.4) is 0 Å². The number of nitrogens with one attached hydrogen (secondary N) is 1. The van der Waals surface area contributed by atoms with E-state index in [1.807, 2.05) is 0 Å². The molecule has 1 fully saturated rings. The third-order valence-corrected chi connectivity index (χ3v) is 5.30. The Bertz CT molecular complexity index is 272. The molecule has 1 N–H and O–H groups in total. The van der Waals surface area contributed by atoms with Gasteiger partial charge in [-0.15, -0.1) is 0 Å². The molecule has 1 aliphatic rings. The van der Waals surface area contributed by atoms with Gasteiger partial charge in [0.2, 0.25) is 0 Å². The summed E-state index contributed by atoms with van der Waals surface area (Å²) in [6, 6.07) is 0. The second kappa shape index (κ2) is 8.53. The highest BCUT2D eigenvalue weighted by Crippen LogP contribution is 2.46. The number of hydrogen-bond acceptors (Lipinski definition) is 2. The summed E-state index contributed by atoms with van der Waals surface area (Å²) >= 11 is 0. The van der Waals surface area contributed by atoms with Crippen molar-refractivity contribution in [3.8, 4) is 0 Å². The van der Waals surface area contributed by atoms with Crippen LogP contribution in [-0.4, -0.2) is 26.3 Å². The average molecular weight is 298 g/mol. The van der Waals surface area contributed by atoms with E-state index in [-0.39, 0.29) is 0 Å². The summed E-state index contributed by atoms with van der Waals surface area (Å²) in [4.78, 5) is 0. The summed E-state index contributed by atoms with van der Waals surface area (Å²) in [5, 5.41) is 3.72. The Kier molecular flexibility index (Phi) is 7.70. The quantitative estimate of drug-likeness (QED) is 0.645. The maximum absolute atomic E-state index is 5.66. The number of hydrogen-bond donors (Lipinski definition) is 1. The van der Waals surface area contributed by atoms with Gasteiger partial charge in [-0.2, -0.15) is 0 Å². The van der Waals surface area contributed by atoms with Gasteiger partial charge >= 0.3 is 0 Å². The van der Waals surface area contributed by atoms with Crippen molar-refractivity contribution in [2.75, 3.05) is 26.3 Å². The van der Waals surface area contributed by atoms with Crippen LogP contribution >= 0.6 is 0 Å². The molecule has 21 heavy (non-hydrogen) atoms. The van der Waals surface area contributed by atoms with Gasteiger partial charge in [0.1, 0.15) is 0 Å². The lowest BCUT2D eigenvalue weighted by molar-refractivity contribution is 0.0451. The van der Waals surface area contributed by atoms with Gasteiger partial charge in [-0.25, -0.2) is 0 Å². The van der Waals surface area contributed by atoms with Crippen LogP contribution in [-0.2, 0) is 4.74 Å². The van der Waals surface area contributed by atoms with Gasteiger partial charge in [-0.3, -0.25) is 0 Å². The van der Waals surface area contributed by atoms with Crippen LogP contribution in [0.15, 0.2) is 0 Å². The minimum Gasteiger partial charge on any atom is -0.382 e. The van der Waals surface area contributed by atoms with Crippen molar-refractivity contribution < 1.29 is 4.74 Å². The lowest BCUT2D eigenvalue weighted by atomic mass is 9.63. The van der Waals surface area contributed by atoms with Gasteiger partial charge in [-0.05, 0) is 68.2 Å². The fourth-order valence-electron chi connectivity index (χ4n) is 3.67. The molecule has 0 aromatic carbocycles. The first-order valence-corrected chi connectivity index (χ1v) is 9.07. The third-order valence-electron chi connectivity index (χ3n) is 5.30. The van der Waals surface area contributed by atoms with Crippen molar-refractivity contribution in [2.45, 2.75) is 73.6 Å². The molecule has 0 amide bonds. The van der Waals surface area contributed by atoms with Crippen molar-refractivity contribution >= 4 is 0 Å². The molecule has 2 heteroatoms. The first-order chi connectivity index (χ1) is 9.79. The highest BCUT2D eigenvalue weighted by molar-refractivity contribution is 4.90. The van der Waals surface area contributed by atoms with Crippen molar-refractivity contribution in [3.05, 3.63) is 0 Å². The van der Waals surface area contributed by atoms with E-state index in [4.69, 9.17) is 4.74 Å². The molecule has 0 spiro atoms. The van der Waals surface area contributed by atoms with E-state index in [9.17, 15) is 0 Å². The van der Waals surface area contributed by atoms with Gasteiger partial charge in [0.05, 0.1) is 0 Å². The van der Waals surface area contributed by atoms with Crippen LogP contribution in [0.5, 0.6) is 0 Å². The molecule has 1 saturated carbocycles. The average Bonchev–Trinajstić information content (AvgIpc) is 2.38. The minimum absolute atomic E-state index is 0.470. The molecular weight excluding hydrogens is 258 g/mol. The molecule has 1 aliphatic carbocycles. The summed E-state index contributed by atoms with van der Waals surface area (Å²) in [7, 11) is 0. The summed E-state index contributed by atoms with van der Waals surface area (Å²) in [5.41, 5.74) is 0.948. The first-order valence-electron chi connectivity index (χ1n) is 9.07. The molecule has 126 valence electrons. The van der Waals surface area contributed by atoms with E-state index in [1.165, 1.54) is 38.6 Å². The predicted octanol–water partition coefficient (Wildman–Crippen LogP) is 4.88. The van der Waals surface area contributed by atoms with Crippen LogP contribution < -0.4 is 5.32 Å². The number of ether oxygens (including phenoxy) is 1. The van der Waals surface area contributed by atoms with Crippen molar-refractivity contribution in [3.63, 3.8) is 0 Å². The fraction of sp³-hybridized carbons (Fsp3) is 1.00. The Morgan fingerprint density at radius 3 is 2.29 bits per heavy atom. The molecular formula is C19H39NO. The van der Waals surface area contributed by atoms with E-state index in [0.29, 0.717) is 10.8 Å². The second-order valence-electron chi connectivity index (χ2n) is 8.61. The van der Waals surface area contributed by atoms with E-state index in [2.05, 4.69) is 46.9 Å². The van der Waals surface area contributed by atoms with E-state index in [0.717, 1.165) is 31.6 Å². The maximum Gasteiger partial charge on any atom is 0.0471 e. The van der Waals surface area contributed by atoms with Gasteiger partial charge in [0.25, 0.3) is 0 Å². The standard InChI is InChI=1S/C19H39NO/c1-7-21-13-12-19(15-20-14-16(2)3)10-8-17(9-11-19)18(4,5)6/h16-17,20H,7-15H2,1-6H3. The molecule has 0 atom stereocenters. The smallest absolute Gasteiger partial charge is 0.0471 e. The number of rotatable bonds is 8. The first kappa shape index (κ1) is 19.0. The molecule has 2 nitrogen and oxygen atoms in total. The summed E-state index contributed by atoms with van der Waals surface area (Å²) in [6.45, 7) is 18.0. The van der Waals surface area contributed by atoms with Gasteiger partial charge in [-0.1, -0.05) is 34.6 Å². The molecule has 0 bridgehead atoms. The van der Waals surface area contributed by atoms with Gasteiger partial charge < -0.3 is 10.1 Å². The molecule has 0 aliphatic heterocycles. The van der Waals surface area contributed by atoms with E-state index >= 15 is 0 Å². The van der Waals surface area contributed by atoms with Gasteiger partial charge in [0, 0.05) is 19.8 Å². The monoisotopic (exact) mass is 297 g/mol. The fourth-order valence-corrected chi connectivity index (χ4v) is 3.67. The molecule has 0 radical (unpaired) electrons. The van der Waals surface area contributed by atoms with Crippen molar-refractivity contribution in [1.82, 2.24) is 5.32 Å². The van der Waals surface area contributed by atoms with Crippen molar-refractivity contribution in [2.24, 2.45) is 22.7 Å². The summed E-state index contributed by atoms with van der Waals surface area (Å²) < 4.78 is 5.66. The highest BCUT2D eigenvalue weighted by Gasteiger charge is 2.38. The Balaban J connectivity index is 2.54. The van der Waals surface area contributed by atoms with E-state index < -0.39 is 0 Å². The summed E-state index contributed by atoms with van der Waals surface area (Å²) in [5.74, 6) is 1.63. The lowest BCUT2D eigenvalue weighted by Gasteiger charge is -2.44. The predicted molar refractivity (Wildman–Crippen MR) is 92.7 cm³/mol. The zero-order valence-electron chi connectivity index (χ0n) is 15.4. The minimum atomic E-state index is 0.470. The third kappa shape index (κ3) is 6.69. The largest absolute Gasteiger partial charge is 0.382 e. The molecule has 0 heterocycles. The van der Waals surface area contributed by atoms with Crippen LogP contribution in [0.1, 0.15) is 73.6 Å². The maximum atomic E-state index is 5.66. The Morgan fingerprint density at radius 1 is 1.19 bits per heavy atom. The van der Waals surface area contributed by atoms with Crippen LogP contribution in [0, 0.1) is 22.7 Å². The summed E-state index contributed by atoms with van der Waals surface area (Å²) in [6.07, 6.45) is 6.74. The second-order valence-corrected chi connectivity index (χ2v) is 8.61. The highest BCUT2D eigenvalue weighted by atomic mass is 16.5. The molecule has 0 aromatic rings. The molecule has 0 aromatic heterocycles. The van der Waals surface area contributed by atoms with Crippen LogP contribution in [0.2, 0.25) is 0 Å². The zero-order chi connectivity index (χ0) is 15.9. The van der Waals surface area contributed by atoms with Crippen LogP contribution in [0.25, 0.3) is 0 Å². The molecule has 0 unspecified atom stereocenters. The topological polar surface area (TPSA) is 21.3 Å². The normalized spacial score (nSPS) is 27.3. The Morgan fingerprint density at radius 2 is 1.81 bits per heavy atom. The Labute approximate surface area is 133 Å². The molecule has 0 saturated heterocycles. The van der Waals surface area contributed by atoms with E-state index in [1.54, 1.807) is 0 Å². The molecule has 1 rings (SSSR count). The zero-order valence-corrected chi connectivity index (χ0v) is 15.4. The van der Waals surface area contributed by atoms with Crippen LogP contribution in [0.4, 0.5) is 0 Å². The Hall–Kier alpha value is -0.0800. The van der Waals surface area contributed by atoms with Gasteiger partial charge in [0.15, 0.2) is 0 Å². The van der Waals surface area contributed by atoms with Crippen molar-refractivity contribution in [1.29, 1.82) is 0 Å².